The molecule has 1 aromatic heterocycles. The summed E-state index contributed by atoms with van der Waals surface area (Å²) in [7, 11) is 1.81. The van der Waals surface area contributed by atoms with Gasteiger partial charge in [0.15, 0.2) is 0 Å². The average Bonchev–Trinajstić information content (AvgIpc) is 2.58. The fourth-order valence-corrected chi connectivity index (χ4v) is 1.88. The summed E-state index contributed by atoms with van der Waals surface area (Å²) in [6.45, 7) is 4.16. The molecule has 1 amide bonds. The van der Waals surface area contributed by atoms with Crippen molar-refractivity contribution in [1.82, 2.24) is 15.1 Å². The lowest BCUT2D eigenvalue weighted by molar-refractivity contribution is -0.119. The van der Waals surface area contributed by atoms with Gasteiger partial charge in [0.1, 0.15) is 5.82 Å². The summed E-state index contributed by atoms with van der Waals surface area (Å²) in [6, 6.07) is 1.85. The number of rotatable bonds is 3. The number of aryl methyl sites for hydroxylation is 2. The van der Waals surface area contributed by atoms with Crippen LogP contribution in [0.5, 0.6) is 0 Å². The van der Waals surface area contributed by atoms with E-state index in [0.717, 1.165) is 24.6 Å². The molecule has 0 saturated carbocycles. The van der Waals surface area contributed by atoms with Crippen molar-refractivity contribution in [3.05, 3.63) is 11.8 Å². The van der Waals surface area contributed by atoms with E-state index in [0.29, 0.717) is 13.0 Å². The van der Waals surface area contributed by atoms with Gasteiger partial charge in [-0.1, -0.05) is 0 Å². The van der Waals surface area contributed by atoms with Gasteiger partial charge in [0.05, 0.1) is 24.8 Å². The molecule has 1 aliphatic rings. The number of carbonyl (C=O) groups excluding carboxylic acids is 1. The van der Waals surface area contributed by atoms with Gasteiger partial charge in [-0.2, -0.15) is 5.10 Å². The summed E-state index contributed by atoms with van der Waals surface area (Å²) < 4.78 is 7.14. The van der Waals surface area contributed by atoms with Crippen molar-refractivity contribution in [3.8, 4) is 0 Å². The molecule has 1 fully saturated rings. The maximum Gasteiger partial charge on any atom is 0.228 e. The Morgan fingerprint density at radius 1 is 1.76 bits per heavy atom. The number of nitrogens with zero attached hydrogens (tertiary/aromatic N) is 2. The Bertz CT molecular complexity index is 396. The van der Waals surface area contributed by atoms with Gasteiger partial charge < -0.3 is 15.4 Å². The van der Waals surface area contributed by atoms with E-state index in [1.165, 1.54) is 0 Å². The van der Waals surface area contributed by atoms with Gasteiger partial charge >= 0.3 is 0 Å². The Labute approximate surface area is 100 Å². The predicted molar refractivity (Wildman–Crippen MR) is 63.8 cm³/mol. The Hall–Kier alpha value is -1.40. The summed E-state index contributed by atoms with van der Waals surface area (Å²) >= 11 is 0. The number of hydrogen-bond acceptors (Lipinski definition) is 4. The zero-order chi connectivity index (χ0) is 12.3. The van der Waals surface area contributed by atoms with E-state index < -0.39 is 0 Å². The van der Waals surface area contributed by atoms with E-state index in [1.807, 2.05) is 13.0 Å². The van der Waals surface area contributed by atoms with Crippen LogP contribution >= 0.6 is 0 Å². The highest BCUT2D eigenvalue weighted by molar-refractivity contribution is 5.90. The molecule has 2 heterocycles. The van der Waals surface area contributed by atoms with Crippen molar-refractivity contribution in [3.63, 3.8) is 0 Å². The van der Waals surface area contributed by atoms with E-state index in [9.17, 15) is 4.79 Å². The normalized spacial score (nSPS) is 20.2. The first-order valence-corrected chi connectivity index (χ1v) is 5.78. The van der Waals surface area contributed by atoms with Crippen molar-refractivity contribution >= 4 is 11.7 Å². The Morgan fingerprint density at radius 3 is 3.18 bits per heavy atom. The molecule has 1 saturated heterocycles. The first-order valence-electron chi connectivity index (χ1n) is 5.78. The predicted octanol–water partition coefficient (Wildman–Crippen LogP) is 0.0455. The maximum absolute atomic E-state index is 11.8. The molecule has 17 heavy (non-hydrogen) atoms. The second-order valence-electron chi connectivity index (χ2n) is 4.24. The molecular formula is C11H18N4O2. The van der Waals surface area contributed by atoms with Crippen LogP contribution < -0.4 is 10.6 Å². The Morgan fingerprint density at radius 2 is 2.59 bits per heavy atom. The lowest BCUT2D eigenvalue weighted by Crippen LogP contribution is -2.40. The number of amides is 1. The van der Waals surface area contributed by atoms with Crippen LogP contribution in [-0.4, -0.2) is 41.5 Å². The number of ether oxygens (including phenoxy) is 1. The largest absolute Gasteiger partial charge is 0.375 e. The van der Waals surface area contributed by atoms with E-state index in [4.69, 9.17) is 4.74 Å². The van der Waals surface area contributed by atoms with Crippen LogP contribution in [0.15, 0.2) is 6.07 Å². The minimum atomic E-state index is -0.0401. The van der Waals surface area contributed by atoms with Gasteiger partial charge in [0.2, 0.25) is 5.91 Å². The number of hydrogen-bond donors (Lipinski definition) is 2. The van der Waals surface area contributed by atoms with E-state index in [2.05, 4.69) is 15.7 Å². The molecule has 94 valence electrons. The third-order valence-corrected chi connectivity index (χ3v) is 2.69. The second kappa shape index (κ2) is 5.29. The highest BCUT2D eigenvalue weighted by atomic mass is 16.5. The fraction of sp³-hybridized carbons (Fsp3) is 0.636. The number of carbonyl (C=O) groups is 1. The molecule has 1 unspecified atom stereocenters. The molecule has 0 aliphatic carbocycles. The maximum atomic E-state index is 11.8. The molecule has 6 heteroatoms. The van der Waals surface area contributed by atoms with Crippen molar-refractivity contribution in [2.75, 3.05) is 25.0 Å². The van der Waals surface area contributed by atoms with Crippen LogP contribution in [0, 0.1) is 6.92 Å². The fourth-order valence-electron chi connectivity index (χ4n) is 1.88. The molecule has 1 aliphatic heterocycles. The van der Waals surface area contributed by atoms with Gasteiger partial charge in [-0.05, 0) is 6.92 Å². The molecule has 2 N–H and O–H groups in total. The molecule has 0 spiro atoms. The molecule has 0 aromatic carbocycles. The lowest BCUT2D eigenvalue weighted by Gasteiger charge is -2.22. The van der Waals surface area contributed by atoms with Crippen LogP contribution in [0.2, 0.25) is 0 Å². The molecule has 1 aromatic rings. The number of morpholine rings is 1. The standard InChI is InChI=1S/C11H18N4O2/c1-8-5-10(15(2)14-8)13-11(16)6-9-7-12-3-4-17-9/h5,9,12H,3-4,6-7H2,1-2H3,(H,13,16). The Balaban J connectivity index is 1.86. The summed E-state index contributed by atoms with van der Waals surface area (Å²) in [5, 5.41) is 10.2. The van der Waals surface area contributed by atoms with Crippen LogP contribution in [0.3, 0.4) is 0 Å². The summed E-state index contributed by atoms with van der Waals surface area (Å²) in [5.41, 5.74) is 0.887. The van der Waals surface area contributed by atoms with Crippen molar-refractivity contribution in [2.24, 2.45) is 7.05 Å². The zero-order valence-electron chi connectivity index (χ0n) is 10.2. The zero-order valence-corrected chi connectivity index (χ0v) is 10.2. The summed E-state index contributed by atoms with van der Waals surface area (Å²) in [6.07, 6.45) is 0.343. The number of aromatic nitrogens is 2. The van der Waals surface area contributed by atoms with Crippen molar-refractivity contribution in [1.29, 1.82) is 0 Å². The third kappa shape index (κ3) is 3.28. The SMILES string of the molecule is Cc1cc(NC(=O)CC2CNCCO2)n(C)n1. The van der Waals surface area contributed by atoms with Crippen LogP contribution in [0.4, 0.5) is 5.82 Å². The third-order valence-electron chi connectivity index (χ3n) is 2.69. The molecule has 0 bridgehead atoms. The summed E-state index contributed by atoms with van der Waals surface area (Å²) in [5.74, 6) is 0.679. The van der Waals surface area contributed by atoms with Gasteiger partial charge in [-0.3, -0.25) is 9.48 Å². The molecular weight excluding hydrogens is 220 g/mol. The Kier molecular flexibility index (Phi) is 3.75. The first-order chi connectivity index (χ1) is 8.15. The van der Waals surface area contributed by atoms with Gasteiger partial charge in [0.25, 0.3) is 0 Å². The number of nitrogens with one attached hydrogen (secondary N) is 2. The molecule has 6 nitrogen and oxygen atoms in total. The molecule has 0 radical (unpaired) electrons. The minimum absolute atomic E-state index is 0.0296. The van der Waals surface area contributed by atoms with Gasteiger partial charge in [-0.25, -0.2) is 0 Å². The van der Waals surface area contributed by atoms with E-state index in [1.54, 1.807) is 11.7 Å². The van der Waals surface area contributed by atoms with Crippen LogP contribution in [0.1, 0.15) is 12.1 Å². The topological polar surface area (TPSA) is 68.2 Å². The lowest BCUT2D eigenvalue weighted by atomic mass is 10.2. The molecule has 1 atom stereocenters. The van der Waals surface area contributed by atoms with Crippen molar-refractivity contribution < 1.29 is 9.53 Å². The van der Waals surface area contributed by atoms with E-state index >= 15 is 0 Å². The van der Waals surface area contributed by atoms with E-state index in [-0.39, 0.29) is 12.0 Å². The summed E-state index contributed by atoms with van der Waals surface area (Å²) in [4.78, 5) is 11.8. The molecule has 2 rings (SSSR count). The highest BCUT2D eigenvalue weighted by Crippen LogP contribution is 2.09. The number of anilines is 1. The first kappa shape index (κ1) is 12.1. The minimum Gasteiger partial charge on any atom is -0.375 e. The second-order valence-corrected chi connectivity index (χ2v) is 4.24. The van der Waals surface area contributed by atoms with Crippen molar-refractivity contribution in [2.45, 2.75) is 19.4 Å². The quantitative estimate of drug-likeness (QED) is 0.780. The van der Waals surface area contributed by atoms with Crippen LogP contribution in [-0.2, 0) is 16.6 Å². The van der Waals surface area contributed by atoms with Gasteiger partial charge in [-0.15, -0.1) is 0 Å². The average molecular weight is 238 g/mol. The highest BCUT2D eigenvalue weighted by Gasteiger charge is 2.18. The van der Waals surface area contributed by atoms with Crippen LogP contribution in [0.25, 0.3) is 0 Å². The van der Waals surface area contributed by atoms with Gasteiger partial charge in [0, 0.05) is 26.2 Å². The monoisotopic (exact) mass is 238 g/mol. The smallest absolute Gasteiger partial charge is 0.228 e.